The molecule has 0 saturated carbocycles. The zero-order chi connectivity index (χ0) is 21.8. The van der Waals surface area contributed by atoms with Crippen molar-refractivity contribution in [3.8, 4) is 11.4 Å². The Balaban J connectivity index is 2.20. The van der Waals surface area contributed by atoms with Crippen molar-refractivity contribution in [3.05, 3.63) is 41.5 Å². The van der Waals surface area contributed by atoms with Gasteiger partial charge < -0.3 is 9.84 Å². The van der Waals surface area contributed by atoms with E-state index in [1.54, 1.807) is 24.3 Å². The fourth-order valence-electron chi connectivity index (χ4n) is 2.04. The number of aliphatic carboxylic acids is 1. The standard InChI is InChI=1S/C16H11Cl6N3O4/c17-15(18,19)13-23-12(24-14(25-13)16(20,21)22)9-4-1-8(2-5-9)3-6-11(28)29-7-10(26)27/h1-2,4-5H,3,6-7H2,(H,26,27). The number of nitrogens with zero attached hydrogens (tertiary/aromatic N) is 3. The maximum Gasteiger partial charge on any atom is 0.341 e. The highest BCUT2D eigenvalue weighted by Gasteiger charge is 2.34. The maximum atomic E-state index is 11.5. The van der Waals surface area contributed by atoms with E-state index < -0.39 is 26.1 Å². The second kappa shape index (κ2) is 9.81. The first kappa shape index (κ1) is 24.2. The number of carboxylic acids is 1. The van der Waals surface area contributed by atoms with Crippen LogP contribution in [0.15, 0.2) is 24.3 Å². The summed E-state index contributed by atoms with van der Waals surface area (Å²) in [6.45, 7) is -0.672. The van der Waals surface area contributed by atoms with Gasteiger partial charge in [0, 0.05) is 12.0 Å². The molecule has 0 amide bonds. The van der Waals surface area contributed by atoms with Crippen LogP contribution in [0.25, 0.3) is 11.4 Å². The lowest BCUT2D eigenvalue weighted by atomic mass is 10.1. The number of halogens is 6. The number of aryl methyl sites for hydroxylation is 1. The van der Waals surface area contributed by atoms with Crippen LogP contribution in [0.4, 0.5) is 0 Å². The molecule has 0 radical (unpaired) electrons. The molecule has 1 N–H and O–H groups in total. The Morgan fingerprint density at radius 2 is 1.41 bits per heavy atom. The molecule has 29 heavy (non-hydrogen) atoms. The van der Waals surface area contributed by atoms with E-state index in [0.717, 1.165) is 5.56 Å². The molecule has 1 aromatic carbocycles. The number of aromatic nitrogens is 3. The van der Waals surface area contributed by atoms with E-state index in [1.807, 2.05) is 0 Å². The van der Waals surface area contributed by atoms with Crippen LogP contribution in [0.1, 0.15) is 23.6 Å². The molecule has 0 aliphatic heterocycles. The van der Waals surface area contributed by atoms with Crippen LogP contribution in [-0.4, -0.2) is 38.6 Å². The van der Waals surface area contributed by atoms with Gasteiger partial charge in [-0.25, -0.2) is 19.7 Å². The van der Waals surface area contributed by atoms with Gasteiger partial charge in [0.05, 0.1) is 0 Å². The highest BCUT2D eigenvalue weighted by atomic mass is 35.6. The van der Waals surface area contributed by atoms with Crippen molar-refractivity contribution >= 4 is 81.5 Å². The van der Waals surface area contributed by atoms with Gasteiger partial charge in [0.2, 0.25) is 7.59 Å². The smallest absolute Gasteiger partial charge is 0.341 e. The molecule has 0 bridgehead atoms. The number of benzene rings is 1. The summed E-state index contributed by atoms with van der Waals surface area (Å²) in [5, 5.41) is 8.48. The number of ether oxygens (including phenoxy) is 1. The fraction of sp³-hybridized carbons (Fsp3) is 0.312. The van der Waals surface area contributed by atoms with Crippen LogP contribution in [-0.2, 0) is 28.3 Å². The topological polar surface area (TPSA) is 102 Å². The Bertz CT molecular complexity index is 865. The molecule has 13 heteroatoms. The average Bonchev–Trinajstić information content (AvgIpc) is 2.63. The lowest BCUT2D eigenvalue weighted by Gasteiger charge is -2.15. The number of hydrogen-bond donors (Lipinski definition) is 1. The molecule has 0 saturated heterocycles. The number of carbonyl (C=O) groups is 2. The number of alkyl halides is 6. The molecule has 1 heterocycles. The first-order chi connectivity index (χ1) is 13.4. The molecule has 2 rings (SSSR count). The van der Waals surface area contributed by atoms with Crippen molar-refractivity contribution in [2.45, 2.75) is 20.4 Å². The van der Waals surface area contributed by atoms with Crippen molar-refractivity contribution in [2.24, 2.45) is 0 Å². The number of esters is 1. The zero-order valence-electron chi connectivity index (χ0n) is 14.2. The van der Waals surface area contributed by atoms with Crippen LogP contribution in [0.5, 0.6) is 0 Å². The molecule has 2 aromatic rings. The Morgan fingerprint density at radius 1 is 0.897 bits per heavy atom. The highest BCUT2D eigenvalue weighted by Crippen LogP contribution is 2.40. The van der Waals surface area contributed by atoms with E-state index in [4.69, 9.17) is 74.7 Å². The molecule has 0 aliphatic rings. The molecule has 0 atom stereocenters. The van der Waals surface area contributed by atoms with E-state index in [-0.39, 0.29) is 23.9 Å². The Labute approximate surface area is 195 Å². The average molecular weight is 522 g/mol. The summed E-state index contributed by atoms with van der Waals surface area (Å²) in [5.41, 5.74) is 1.31. The largest absolute Gasteiger partial charge is 0.479 e. The number of carboxylic acid groups (broad SMARTS) is 1. The maximum absolute atomic E-state index is 11.5. The van der Waals surface area contributed by atoms with Crippen LogP contribution in [0, 0.1) is 0 Å². The third-order valence-corrected chi connectivity index (χ3v) is 4.34. The molecule has 1 aromatic heterocycles. The fourth-order valence-corrected chi connectivity index (χ4v) is 2.55. The van der Waals surface area contributed by atoms with Gasteiger partial charge in [-0.05, 0) is 12.0 Å². The summed E-state index contributed by atoms with van der Waals surface area (Å²) in [6.07, 6.45) is 0.363. The lowest BCUT2D eigenvalue weighted by Crippen LogP contribution is -2.16. The van der Waals surface area contributed by atoms with E-state index in [0.29, 0.717) is 12.0 Å². The second-order valence-corrected chi connectivity index (χ2v) is 10.1. The van der Waals surface area contributed by atoms with Gasteiger partial charge in [-0.3, -0.25) is 4.79 Å². The lowest BCUT2D eigenvalue weighted by molar-refractivity contribution is -0.155. The normalized spacial score (nSPS) is 11.9. The predicted molar refractivity (Wildman–Crippen MR) is 111 cm³/mol. The minimum atomic E-state index is -1.96. The third-order valence-electron chi connectivity index (χ3n) is 3.33. The molecule has 0 unspecified atom stereocenters. The number of rotatable bonds is 6. The van der Waals surface area contributed by atoms with E-state index >= 15 is 0 Å². The summed E-state index contributed by atoms with van der Waals surface area (Å²) < 4.78 is 0.648. The summed E-state index contributed by atoms with van der Waals surface area (Å²) in [4.78, 5) is 34.0. The molecule has 7 nitrogen and oxygen atoms in total. The second-order valence-electron chi connectivity index (χ2n) is 5.55. The first-order valence-corrected chi connectivity index (χ1v) is 10.0. The van der Waals surface area contributed by atoms with Crippen molar-refractivity contribution in [3.63, 3.8) is 0 Å². The SMILES string of the molecule is O=C(O)COC(=O)CCc1ccc(-c2nc(C(Cl)(Cl)Cl)nc(C(Cl)(Cl)Cl)n2)cc1. The van der Waals surface area contributed by atoms with Crippen LogP contribution < -0.4 is 0 Å². The summed E-state index contributed by atoms with van der Waals surface area (Å²) in [6, 6.07) is 6.76. The van der Waals surface area contributed by atoms with Crippen molar-refractivity contribution in [2.75, 3.05) is 6.61 Å². The van der Waals surface area contributed by atoms with Crippen LogP contribution in [0.3, 0.4) is 0 Å². The van der Waals surface area contributed by atoms with E-state index in [9.17, 15) is 9.59 Å². The quantitative estimate of drug-likeness (QED) is 0.432. The van der Waals surface area contributed by atoms with E-state index in [1.165, 1.54) is 0 Å². The van der Waals surface area contributed by atoms with Crippen LogP contribution >= 0.6 is 69.6 Å². The van der Waals surface area contributed by atoms with E-state index in [2.05, 4.69) is 19.7 Å². The minimum Gasteiger partial charge on any atom is -0.479 e. The molecule has 156 valence electrons. The zero-order valence-corrected chi connectivity index (χ0v) is 18.7. The summed E-state index contributed by atoms with van der Waals surface area (Å²) >= 11 is 35.1. The predicted octanol–water partition coefficient (Wildman–Crippen LogP) is 4.75. The Morgan fingerprint density at radius 3 is 1.86 bits per heavy atom. The summed E-state index contributed by atoms with van der Waals surface area (Å²) in [7, 11) is 0. The number of hydrogen-bond acceptors (Lipinski definition) is 6. The van der Waals surface area contributed by atoms with Gasteiger partial charge in [-0.2, -0.15) is 0 Å². The Kier molecular flexibility index (Phi) is 8.18. The monoisotopic (exact) mass is 519 g/mol. The minimum absolute atomic E-state index is 0.0210. The molecule has 0 fully saturated rings. The number of carbonyl (C=O) groups excluding carboxylic acids is 1. The van der Waals surface area contributed by atoms with Gasteiger partial charge >= 0.3 is 11.9 Å². The van der Waals surface area contributed by atoms with Gasteiger partial charge in [0.15, 0.2) is 24.1 Å². The molecular formula is C16H11Cl6N3O4. The highest BCUT2D eigenvalue weighted by molar-refractivity contribution is 6.67. The first-order valence-electron chi connectivity index (χ1n) is 7.73. The van der Waals surface area contributed by atoms with Gasteiger partial charge in [0.1, 0.15) is 0 Å². The molecular weight excluding hydrogens is 511 g/mol. The van der Waals surface area contributed by atoms with Gasteiger partial charge in [-0.15, -0.1) is 0 Å². The van der Waals surface area contributed by atoms with Gasteiger partial charge in [-0.1, -0.05) is 93.9 Å². The van der Waals surface area contributed by atoms with Crippen molar-refractivity contribution < 1.29 is 19.4 Å². The molecule has 0 aliphatic carbocycles. The summed E-state index contributed by atoms with van der Waals surface area (Å²) in [5.74, 6) is -2.13. The third kappa shape index (κ3) is 7.59. The van der Waals surface area contributed by atoms with Crippen molar-refractivity contribution in [1.29, 1.82) is 0 Å². The van der Waals surface area contributed by atoms with Crippen molar-refractivity contribution in [1.82, 2.24) is 15.0 Å². The van der Waals surface area contributed by atoms with Gasteiger partial charge in [0.25, 0.3) is 0 Å². The van der Waals surface area contributed by atoms with Crippen LogP contribution in [0.2, 0.25) is 0 Å². The Hall–Kier alpha value is -1.09. The molecule has 0 spiro atoms.